The summed E-state index contributed by atoms with van der Waals surface area (Å²) in [5, 5.41) is 10.6. The minimum atomic E-state index is -2.37. The van der Waals surface area contributed by atoms with Gasteiger partial charge in [0.05, 0.1) is 0 Å². The summed E-state index contributed by atoms with van der Waals surface area (Å²) in [6, 6.07) is 1.05. The smallest absolute Gasteiger partial charge is 0.330 e. The Hall–Kier alpha value is -2.00. The van der Waals surface area contributed by atoms with Crippen LogP contribution in [0.5, 0.6) is 0 Å². The number of aromatic nitrogens is 2. The zero-order chi connectivity index (χ0) is 18.8. The number of H-pyrrole nitrogens is 1. The van der Waals surface area contributed by atoms with E-state index in [0.717, 1.165) is 30.2 Å². The SMILES string of the molecule is CCCCC(=O)OC[C@H]1O[C@@H](n2ccc(=O)[nH]c2=O)[C@](C)(F)[C@]1(C)O. The molecule has 0 saturated carbocycles. The molecule has 1 aliphatic heterocycles. The molecule has 140 valence electrons. The van der Waals surface area contributed by atoms with Crippen molar-refractivity contribution in [2.45, 2.75) is 63.6 Å². The van der Waals surface area contributed by atoms with Crippen LogP contribution in [-0.4, -0.2) is 44.6 Å². The van der Waals surface area contributed by atoms with Crippen molar-refractivity contribution in [3.8, 4) is 0 Å². The van der Waals surface area contributed by atoms with E-state index in [1.807, 2.05) is 11.9 Å². The van der Waals surface area contributed by atoms with E-state index in [0.29, 0.717) is 6.42 Å². The lowest BCUT2D eigenvalue weighted by Gasteiger charge is -2.32. The fourth-order valence-electron chi connectivity index (χ4n) is 2.68. The van der Waals surface area contributed by atoms with Gasteiger partial charge in [0.1, 0.15) is 18.3 Å². The molecule has 4 atom stereocenters. The van der Waals surface area contributed by atoms with E-state index in [4.69, 9.17) is 9.47 Å². The number of halogens is 1. The maximum atomic E-state index is 15.2. The monoisotopic (exact) mass is 358 g/mol. The number of esters is 1. The topological polar surface area (TPSA) is 111 Å². The summed E-state index contributed by atoms with van der Waals surface area (Å²) < 4.78 is 26.6. The fraction of sp³-hybridized carbons (Fsp3) is 0.688. The zero-order valence-corrected chi connectivity index (χ0v) is 14.5. The third-order valence-electron chi connectivity index (χ3n) is 4.61. The molecule has 2 rings (SSSR count). The molecule has 1 saturated heterocycles. The number of rotatable bonds is 6. The number of ether oxygens (including phenoxy) is 2. The Morgan fingerprint density at radius 2 is 2.16 bits per heavy atom. The molecule has 0 aromatic carbocycles. The minimum Gasteiger partial charge on any atom is -0.463 e. The molecular formula is C16H23FN2O6. The van der Waals surface area contributed by atoms with Crippen LogP contribution in [0.2, 0.25) is 0 Å². The molecule has 0 spiro atoms. The van der Waals surface area contributed by atoms with Gasteiger partial charge >= 0.3 is 11.7 Å². The number of hydrogen-bond acceptors (Lipinski definition) is 6. The predicted molar refractivity (Wildman–Crippen MR) is 85.9 cm³/mol. The Bertz CT molecular complexity index is 739. The molecule has 0 bridgehead atoms. The van der Waals surface area contributed by atoms with E-state index in [9.17, 15) is 19.5 Å². The van der Waals surface area contributed by atoms with Crippen molar-refractivity contribution in [1.29, 1.82) is 0 Å². The lowest BCUT2D eigenvalue weighted by atomic mass is 9.84. The minimum absolute atomic E-state index is 0.223. The second-order valence-electron chi connectivity index (χ2n) is 6.50. The van der Waals surface area contributed by atoms with Crippen LogP contribution in [0, 0.1) is 0 Å². The molecule has 0 unspecified atom stereocenters. The first kappa shape index (κ1) is 19.3. The highest BCUT2D eigenvalue weighted by molar-refractivity contribution is 5.69. The molecular weight excluding hydrogens is 335 g/mol. The highest BCUT2D eigenvalue weighted by Gasteiger charge is 2.63. The van der Waals surface area contributed by atoms with Gasteiger partial charge in [0.2, 0.25) is 0 Å². The standard InChI is InChI=1S/C16H23FN2O6/c1-4-5-6-12(21)24-9-10-16(3,23)15(2,17)13(25-10)19-8-7-11(20)18-14(19)22/h7-8,10,13,23H,4-6,9H2,1-3H3,(H,18,20,22)/t10-,13-,15+,16-/m1/s1. The van der Waals surface area contributed by atoms with Gasteiger partial charge in [-0.3, -0.25) is 19.1 Å². The van der Waals surface area contributed by atoms with Crippen molar-refractivity contribution in [1.82, 2.24) is 9.55 Å². The van der Waals surface area contributed by atoms with Crippen LogP contribution in [0.1, 0.15) is 46.3 Å². The van der Waals surface area contributed by atoms with Crippen LogP contribution in [0.4, 0.5) is 4.39 Å². The van der Waals surface area contributed by atoms with Crippen LogP contribution in [0.25, 0.3) is 0 Å². The van der Waals surface area contributed by atoms with Crippen LogP contribution in [0.15, 0.2) is 21.9 Å². The number of carbonyl (C=O) groups is 1. The van der Waals surface area contributed by atoms with E-state index >= 15 is 4.39 Å². The summed E-state index contributed by atoms with van der Waals surface area (Å²) in [6.45, 7) is 3.89. The Balaban J connectivity index is 2.20. The number of carbonyl (C=O) groups excluding carboxylic acids is 1. The molecule has 1 aliphatic rings. The summed E-state index contributed by atoms with van der Waals surface area (Å²) in [7, 11) is 0. The summed E-state index contributed by atoms with van der Waals surface area (Å²) in [6.07, 6.45) is 0.156. The van der Waals surface area contributed by atoms with Crippen molar-refractivity contribution in [3.05, 3.63) is 33.1 Å². The average Bonchev–Trinajstić information content (AvgIpc) is 2.70. The number of hydrogen-bond donors (Lipinski definition) is 2. The van der Waals surface area contributed by atoms with E-state index < -0.39 is 40.8 Å². The van der Waals surface area contributed by atoms with Gasteiger partial charge in [-0.2, -0.15) is 0 Å². The Morgan fingerprint density at radius 3 is 2.76 bits per heavy atom. The van der Waals surface area contributed by atoms with Gasteiger partial charge in [0.25, 0.3) is 5.56 Å². The second kappa shape index (κ2) is 7.09. The molecule has 1 aromatic heterocycles. The molecule has 1 fully saturated rings. The summed E-state index contributed by atoms with van der Waals surface area (Å²) in [4.78, 5) is 36.7. The molecule has 25 heavy (non-hydrogen) atoms. The third kappa shape index (κ3) is 3.67. The Labute approximate surface area is 143 Å². The van der Waals surface area contributed by atoms with Gasteiger partial charge in [0, 0.05) is 18.7 Å². The van der Waals surface area contributed by atoms with E-state index in [1.165, 1.54) is 6.92 Å². The summed E-state index contributed by atoms with van der Waals surface area (Å²) >= 11 is 0. The number of aromatic amines is 1. The van der Waals surface area contributed by atoms with Gasteiger partial charge < -0.3 is 14.6 Å². The first-order valence-electron chi connectivity index (χ1n) is 8.15. The average molecular weight is 358 g/mol. The van der Waals surface area contributed by atoms with Crippen molar-refractivity contribution in [3.63, 3.8) is 0 Å². The van der Waals surface area contributed by atoms with Crippen LogP contribution >= 0.6 is 0 Å². The quantitative estimate of drug-likeness (QED) is 0.722. The number of nitrogens with one attached hydrogen (secondary N) is 1. The summed E-state index contributed by atoms with van der Waals surface area (Å²) in [5.74, 6) is -0.466. The van der Waals surface area contributed by atoms with E-state index in [-0.39, 0.29) is 13.0 Å². The zero-order valence-electron chi connectivity index (χ0n) is 14.5. The molecule has 0 radical (unpaired) electrons. The van der Waals surface area contributed by atoms with Gasteiger partial charge in [-0.25, -0.2) is 9.18 Å². The molecule has 2 heterocycles. The first-order valence-corrected chi connectivity index (χ1v) is 8.15. The fourth-order valence-corrected chi connectivity index (χ4v) is 2.68. The van der Waals surface area contributed by atoms with Gasteiger partial charge in [0.15, 0.2) is 11.9 Å². The first-order chi connectivity index (χ1) is 11.6. The lowest BCUT2D eigenvalue weighted by Crippen LogP contribution is -2.53. The van der Waals surface area contributed by atoms with Crippen molar-refractivity contribution >= 4 is 5.97 Å². The second-order valence-corrected chi connectivity index (χ2v) is 6.50. The largest absolute Gasteiger partial charge is 0.463 e. The normalized spacial score (nSPS) is 31.9. The van der Waals surface area contributed by atoms with E-state index in [2.05, 4.69) is 0 Å². The molecule has 1 aromatic rings. The number of unbranched alkanes of at least 4 members (excludes halogenated alkanes) is 1. The van der Waals surface area contributed by atoms with Crippen molar-refractivity contribution in [2.24, 2.45) is 0 Å². The summed E-state index contributed by atoms with van der Waals surface area (Å²) in [5.41, 5.74) is -5.88. The number of aliphatic hydroxyl groups is 1. The molecule has 9 heteroatoms. The van der Waals surface area contributed by atoms with Gasteiger partial charge in [-0.15, -0.1) is 0 Å². The van der Waals surface area contributed by atoms with Crippen LogP contribution < -0.4 is 11.2 Å². The van der Waals surface area contributed by atoms with Crippen LogP contribution in [-0.2, 0) is 14.3 Å². The Morgan fingerprint density at radius 1 is 1.48 bits per heavy atom. The third-order valence-corrected chi connectivity index (χ3v) is 4.61. The molecule has 2 N–H and O–H groups in total. The van der Waals surface area contributed by atoms with Gasteiger partial charge in [-0.05, 0) is 20.3 Å². The van der Waals surface area contributed by atoms with E-state index in [1.54, 1.807) is 0 Å². The molecule has 0 aliphatic carbocycles. The highest BCUT2D eigenvalue weighted by atomic mass is 19.1. The highest BCUT2D eigenvalue weighted by Crippen LogP contribution is 2.47. The maximum absolute atomic E-state index is 15.2. The number of nitrogens with zero attached hydrogens (tertiary/aromatic N) is 1. The van der Waals surface area contributed by atoms with Crippen LogP contribution in [0.3, 0.4) is 0 Å². The maximum Gasteiger partial charge on any atom is 0.330 e. The molecule has 0 amide bonds. The van der Waals surface area contributed by atoms with Gasteiger partial charge in [-0.1, -0.05) is 13.3 Å². The predicted octanol–water partition coefficient (Wildman–Crippen LogP) is 0.647. The van der Waals surface area contributed by atoms with Crippen molar-refractivity contribution in [2.75, 3.05) is 6.61 Å². The lowest BCUT2D eigenvalue weighted by molar-refractivity contribution is -0.153. The van der Waals surface area contributed by atoms with Crippen molar-refractivity contribution < 1.29 is 23.8 Å². The Kier molecular flexibility index (Phi) is 5.48. The molecule has 8 nitrogen and oxygen atoms in total. The number of alkyl halides is 1.